The van der Waals surface area contributed by atoms with Crippen LogP contribution < -0.4 is 0 Å². The van der Waals surface area contributed by atoms with Gasteiger partial charge >= 0.3 is 0 Å². The molecule has 2 nitrogen and oxygen atoms in total. The zero-order valence-electron chi connectivity index (χ0n) is 7.09. The van der Waals surface area contributed by atoms with Crippen molar-refractivity contribution in [2.45, 2.75) is 19.8 Å². The molecule has 0 radical (unpaired) electrons. The third-order valence-electron chi connectivity index (χ3n) is 1.79. The van der Waals surface area contributed by atoms with E-state index >= 15 is 0 Å². The minimum atomic E-state index is -2.61. The van der Waals surface area contributed by atoms with Crippen molar-refractivity contribution in [3.8, 4) is 6.07 Å². The van der Waals surface area contributed by atoms with Gasteiger partial charge in [0, 0.05) is 6.20 Å². The maximum Gasteiger partial charge on any atom is 0.280 e. The number of aromatic nitrogens is 1. The first-order valence-electron chi connectivity index (χ1n) is 3.76. The molecule has 0 saturated heterocycles. The number of nitrogens with zero attached hydrogens (tertiary/aromatic N) is 2. The maximum absolute atomic E-state index is 12.4. The van der Waals surface area contributed by atoms with Gasteiger partial charge in [0.15, 0.2) is 0 Å². The summed E-state index contributed by atoms with van der Waals surface area (Å²) in [5, 5.41) is 8.43. The Morgan fingerprint density at radius 1 is 1.62 bits per heavy atom. The van der Waals surface area contributed by atoms with E-state index in [-0.39, 0.29) is 12.1 Å². The molecule has 0 fully saturated rings. The Morgan fingerprint density at radius 2 is 2.31 bits per heavy atom. The molecule has 0 aliphatic heterocycles. The van der Waals surface area contributed by atoms with Crippen molar-refractivity contribution in [1.82, 2.24) is 4.98 Å². The molecule has 1 rings (SSSR count). The fraction of sp³-hybridized carbons (Fsp3) is 0.333. The molecule has 0 saturated carbocycles. The third kappa shape index (κ3) is 2.00. The summed E-state index contributed by atoms with van der Waals surface area (Å²) in [6.45, 7) is 1.69. The number of halogens is 2. The van der Waals surface area contributed by atoms with Crippen LogP contribution in [0, 0.1) is 18.3 Å². The van der Waals surface area contributed by atoms with Gasteiger partial charge in [-0.2, -0.15) is 5.26 Å². The monoisotopic (exact) mass is 182 g/mol. The fourth-order valence-electron chi connectivity index (χ4n) is 1.11. The van der Waals surface area contributed by atoms with Crippen LogP contribution in [0.2, 0.25) is 0 Å². The molecule has 1 aromatic heterocycles. The lowest BCUT2D eigenvalue weighted by Gasteiger charge is -2.06. The first-order valence-corrected chi connectivity index (χ1v) is 3.76. The highest BCUT2D eigenvalue weighted by atomic mass is 19.3. The van der Waals surface area contributed by atoms with Crippen molar-refractivity contribution in [1.29, 1.82) is 5.26 Å². The summed E-state index contributed by atoms with van der Waals surface area (Å²) in [4.78, 5) is 3.56. The number of alkyl halides is 2. The zero-order chi connectivity index (χ0) is 9.84. The number of nitriles is 1. The van der Waals surface area contributed by atoms with Crippen LogP contribution in [0.15, 0.2) is 12.3 Å². The summed E-state index contributed by atoms with van der Waals surface area (Å²) < 4.78 is 24.7. The zero-order valence-corrected chi connectivity index (χ0v) is 7.09. The molecule has 0 aromatic carbocycles. The van der Waals surface area contributed by atoms with Gasteiger partial charge in [0.25, 0.3) is 6.43 Å². The van der Waals surface area contributed by atoms with E-state index in [1.165, 1.54) is 6.20 Å². The lowest BCUT2D eigenvalue weighted by molar-refractivity contribution is 0.145. The average Bonchev–Trinajstić information content (AvgIpc) is 2.08. The van der Waals surface area contributed by atoms with Gasteiger partial charge < -0.3 is 0 Å². The number of rotatable bonds is 2. The lowest BCUT2D eigenvalue weighted by atomic mass is 10.1. The summed E-state index contributed by atoms with van der Waals surface area (Å²) in [5.41, 5.74) is 0.758. The van der Waals surface area contributed by atoms with E-state index in [1.807, 2.05) is 6.07 Å². The van der Waals surface area contributed by atoms with Gasteiger partial charge in [-0.1, -0.05) is 0 Å². The molecular weight excluding hydrogens is 174 g/mol. The van der Waals surface area contributed by atoms with Gasteiger partial charge in [0.1, 0.15) is 5.69 Å². The van der Waals surface area contributed by atoms with Crippen LogP contribution in [-0.2, 0) is 6.42 Å². The van der Waals surface area contributed by atoms with Crippen LogP contribution in [0.25, 0.3) is 0 Å². The van der Waals surface area contributed by atoms with Crippen molar-refractivity contribution in [2.24, 2.45) is 0 Å². The van der Waals surface area contributed by atoms with Crippen molar-refractivity contribution in [2.75, 3.05) is 0 Å². The largest absolute Gasteiger partial charge is 0.280 e. The van der Waals surface area contributed by atoms with E-state index in [4.69, 9.17) is 5.26 Å². The van der Waals surface area contributed by atoms with Crippen molar-refractivity contribution in [3.05, 3.63) is 29.1 Å². The third-order valence-corrected chi connectivity index (χ3v) is 1.79. The molecule has 68 valence electrons. The highest BCUT2D eigenvalue weighted by Gasteiger charge is 2.15. The summed E-state index contributed by atoms with van der Waals surface area (Å²) in [7, 11) is 0. The minimum Gasteiger partial charge on any atom is -0.255 e. The van der Waals surface area contributed by atoms with Gasteiger partial charge in [-0.3, -0.25) is 4.98 Å². The first kappa shape index (κ1) is 9.59. The van der Waals surface area contributed by atoms with Crippen LogP contribution >= 0.6 is 0 Å². The molecule has 0 aliphatic rings. The van der Waals surface area contributed by atoms with Gasteiger partial charge in [-0.05, 0) is 24.1 Å². The second-order valence-corrected chi connectivity index (χ2v) is 2.63. The molecule has 0 unspecified atom stereocenters. The Balaban J connectivity index is 3.19. The van der Waals surface area contributed by atoms with Crippen LogP contribution in [0.3, 0.4) is 0 Å². The Labute approximate surface area is 74.8 Å². The van der Waals surface area contributed by atoms with E-state index in [1.54, 1.807) is 13.0 Å². The van der Waals surface area contributed by atoms with Gasteiger partial charge in [0.05, 0.1) is 12.5 Å². The molecule has 4 heteroatoms. The second-order valence-electron chi connectivity index (χ2n) is 2.63. The normalized spacial score (nSPS) is 10.1. The fourth-order valence-corrected chi connectivity index (χ4v) is 1.11. The standard InChI is InChI=1S/C9H8F2N2/c1-6-3-5-13-8(9(10)11)7(6)2-4-12/h3,5,9H,2H2,1H3. The molecule has 1 aromatic rings. The highest BCUT2D eigenvalue weighted by molar-refractivity contribution is 5.31. The molecule has 0 aliphatic carbocycles. The molecule has 0 N–H and O–H groups in total. The van der Waals surface area contributed by atoms with Crippen LogP contribution in [0.1, 0.15) is 23.2 Å². The number of pyridine rings is 1. The molecule has 0 amide bonds. The number of aryl methyl sites for hydroxylation is 1. The highest BCUT2D eigenvalue weighted by Crippen LogP contribution is 2.22. The summed E-state index contributed by atoms with van der Waals surface area (Å²) >= 11 is 0. The van der Waals surface area contributed by atoms with Crippen molar-refractivity contribution >= 4 is 0 Å². The van der Waals surface area contributed by atoms with Crippen molar-refractivity contribution in [3.63, 3.8) is 0 Å². The molecule has 0 spiro atoms. The van der Waals surface area contributed by atoms with E-state index in [0.29, 0.717) is 11.1 Å². The van der Waals surface area contributed by atoms with E-state index in [0.717, 1.165) is 0 Å². The molecular formula is C9H8F2N2. The predicted molar refractivity (Wildman–Crippen MR) is 43.2 cm³/mol. The predicted octanol–water partition coefficient (Wildman–Crippen LogP) is 2.39. The second kappa shape index (κ2) is 3.94. The smallest absolute Gasteiger partial charge is 0.255 e. The van der Waals surface area contributed by atoms with Crippen LogP contribution in [0.4, 0.5) is 8.78 Å². The van der Waals surface area contributed by atoms with E-state index in [2.05, 4.69) is 4.98 Å². The summed E-state index contributed by atoms with van der Waals surface area (Å²) in [6.07, 6.45) is -1.29. The molecule has 13 heavy (non-hydrogen) atoms. The summed E-state index contributed by atoms with van der Waals surface area (Å²) in [6, 6.07) is 3.47. The first-order chi connectivity index (χ1) is 6.16. The van der Waals surface area contributed by atoms with Gasteiger partial charge in [-0.25, -0.2) is 8.78 Å². The summed E-state index contributed by atoms with van der Waals surface area (Å²) in [5.74, 6) is 0. The lowest BCUT2D eigenvalue weighted by Crippen LogP contribution is -2.00. The van der Waals surface area contributed by atoms with Crippen molar-refractivity contribution < 1.29 is 8.78 Å². The Morgan fingerprint density at radius 3 is 2.85 bits per heavy atom. The van der Waals surface area contributed by atoms with E-state index < -0.39 is 6.43 Å². The Kier molecular flexibility index (Phi) is 2.91. The minimum absolute atomic E-state index is 0.0145. The van der Waals surface area contributed by atoms with E-state index in [9.17, 15) is 8.78 Å². The number of hydrogen-bond donors (Lipinski definition) is 0. The maximum atomic E-state index is 12.4. The Bertz CT molecular complexity index is 342. The molecule has 0 bridgehead atoms. The topological polar surface area (TPSA) is 36.7 Å². The average molecular weight is 182 g/mol. The SMILES string of the molecule is Cc1ccnc(C(F)F)c1CC#N. The number of hydrogen-bond acceptors (Lipinski definition) is 2. The van der Waals surface area contributed by atoms with Crippen LogP contribution in [0.5, 0.6) is 0 Å². The quantitative estimate of drug-likeness (QED) is 0.704. The van der Waals surface area contributed by atoms with Gasteiger partial charge in [-0.15, -0.1) is 0 Å². The van der Waals surface area contributed by atoms with Gasteiger partial charge in [0.2, 0.25) is 0 Å². The molecule has 1 heterocycles. The van der Waals surface area contributed by atoms with Crippen LogP contribution in [-0.4, -0.2) is 4.98 Å². The Hall–Kier alpha value is -1.50. The molecule has 0 atom stereocenters.